The maximum Gasteiger partial charge on any atom is 0.335 e. The third-order valence-corrected chi connectivity index (χ3v) is 5.33. The Bertz CT molecular complexity index is 581. The molecule has 0 spiro atoms. The van der Waals surface area contributed by atoms with E-state index >= 15 is 0 Å². The molecule has 0 radical (unpaired) electrons. The lowest BCUT2D eigenvalue weighted by Crippen LogP contribution is -2.38. The number of carboxylic acids is 1. The molecule has 2 rings (SSSR count). The molecular weight excluding hydrogens is 282 g/mol. The van der Waals surface area contributed by atoms with Gasteiger partial charge in [0.1, 0.15) is 0 Å². The molecule has 1 aromatic rings. The summed E-state index contributed by atoms with van der Waals surface area (Å²) in [6, 6.07) is 5.45. The molecule has 0 bridgehead atoms. The first-order valence-corrected chi connectivity index (χ1v) is 7.97. The van der Waals surface area contributed by atoms with Gasteiger partial charge in [-0.3, -0.25) is 0 Å². The lowest BCUT2D eigenvalue weighted by Gasteiger charge is -2.22. The van der Waals surface area contributed by atoms with Crippen molar-refractivity contribution in [3.8, 4) is 0 Å². The highest BCUT2D eigenvalue weighted by Gasteiger charge is 2.33. The summed E-state index contributed by atoms with van der Waals surface area (Å²) in [4.78, 5) is 10.7. The Kier molecular flexibility index (Phi) is 4.42. The maximum absolute atomic E-state index is 12.3. The van der Waals surface area contributed by atoms with Crippen molar-refractivity contribution in [3.63, 3.8) is 0 Å². The molecule has 1 aromatic carbocycles. The first-order chi connectivity index (χ1) is 9.44. The van der Waals surface area contributed by atoms with Crippen molar-refractivity contribution in [2.75, 3.05) is 13.2 Å². The Morgan fingerprint density at radius 3 is 2.50 bits per heavy atom. The van der Waals surface area contributed by atoms with Crippen molar-refractivity contribution in [1.82, 2.24) is 4.31 Å². The molecule has 7 heteroatoms. The zero-order valence-electron chi connectivity index (χ0n) is 10.9. The number of nitrogens with zero attached hydrogens (tertiary/aromatic N) is 1. The van der Waals surface area contributed by atoms with Crippen LogP contribution < -0.4 is 0 Å². The molecular formula is C13H17NO5S. The van der Waals surface area contributed by atoms with Crippen molar-refractivity contribution in [1.29, 1.82) is 0 Å². The molecule has 0 amide bonds. The minimum absolute atomic E-state index is 0.126. The molecule has 0 saturated carbocycles. The molecule has 0 aliphatic carbocycles. The predicted octanol–water partition coefficient (Wildman–Crippen LogP) is 0.671. The van der Waals surface area contributed by atoms with Crippen LogP contribution in [0, 0.1) is 0 Å². The summed E-state index contributed by atoms with van der Waals surface area (Å²) in [6.45, 7) is 0.262. The van der Waals surface area contributed by atoms with Gasteiger partial charge in [0.05, 0.1) is 17.9 Å². The lowest BCUT2D eigenvalue weighted by atomic mass is 10.1. The molecule has 1 aliphatic heterocycles. The molecule has 1 heterocycles. The molecule has 1 fully saturated rings. The largest absolute Gasteiger partial charge is 0.478 e. The highest BCUT2D eigenvalue weighted by atomic mass is 32.2. The molecule has 0 aromatic heterocycles. The number of benzene rings is 1. The monoisotopic (exact) mass is 299 g/mol. The van der Waals surface area contributed by atoms with E-state index in [1.165, 1.54) is 28.6 Å². The first-order valence-electron chi connectivity index (χ1n) is 6.36. The minimum atomic E-state index is -3.48. The SMILES string of the molecule is O=C(O)c1ccc(CS(=O)(=O)N2CCC[C@@H]2CO)cc1. The van der Waals surface area contributed by atoms with Crippen LogP contribution in [0.4, 0.5) is 0 Å². The number of sulfonamides is 1. The van der Waals surface area contributed by atoms with Crippen LogP contribution in [0.5, 0.6) is 0 Å². The fourth-order valence-electron chi connectivity index (χ4n) is 2.39. The third-order valence-electron chi connectivity index (χ3n) is 3.44. The van der Waals surface area contributed by atoms with Crippen LogP contribution in [0.3, 0.4) is 0 Å². The standard InChI is InChI=1S/C13H17NO5S/c15-8-12-2-1-7-14(12)20(18,19)9-10-3-5-11(6-4-10)13(16)17/h3-6,12,15H,1-2,7-9H2,(H,16,17)/t12-/m1/s1. The second kappa shape index (κ2) is 5.90. The highest BCUT2D eigenvalue weighted by Crippen LogP contribution is 2.23. The van der Waals surface area contributed by atoms with Gasteiger partial charge < -0.3 is 10.2 Å². The van der Waals surface area contributed by atoms with E-state index in [9.17, 15) is 18.3 Å². The van der Waals surface area contributed by atoms with Gasteiger partial charge >= 0.3 is 5.97 Å². The van der Waals surface area contributed by atoms with Crippen molar-refractivity contribution in [3.05, 3.63) is 35.4 Å². The number of rotatable bonds is 5. The van der Waals surface area contributed by atoms with Crippen LogP contribution in [0.15, 0.2) is 24.3 Å². The molecule has 0 unspecified atom stereocenters. The molecule has 20 heavy (non-hydrogen) atoms. The lowest BCUT2D eigenvalue weighted by molar-refractivity contribution is 0.0697. The van der Waals surface area contributed by atoms with E-state index in [0.717, 1.165) is 6.42 Å². The molecule has 6 nitrogen and oxygen atoms in total. The van der Waals surface area contributed by atoms with Gasteiger partial charge in [0.15, 0.2) is 0 Å². The van der Waals surface area contributed by atoms with Gasteiger partial charge in [-0.15, -0.1) is 0 Å². The van der Waals surface area contributed by atoms with Gasteiger partial charge in [0.25, 0.3) is 0 Å². The van der Waals surface area contributed by atoms with Gasteiger partial charge in [0, 0.05) is 12.6 Å². The Morgan fingerprint density at radius 1 is 1.30 bits per heavy atom. The summed E-state index contributed by atoms with van der Waals surface area (Å²) in [7, 11) is -3.48. The number of carboxylic acid groups (broad SMARTS) is 1. The third kappa shape index (κ3) is 3.17. The van der Waals surface area contributed by atoms with Gasteiger partial charge in [0.2, 0.25) is 10.0 Å². The van der Waals surface area contributed by atoms with E-state index < -0.39 is 16.0 Å². The maximum atomic E-state index is 12.3. The molecule has 2 N–H and O–H groups in total. The number of hydrogen-bond donors (Lipinski definition) is 2. The number of aliphatic hydroxyl groups excluding tert-OH is 1. The van der Waals surface area contributed by atoms with Gasteiger partial charge in [-0.1, -0.05) is 12.1 Å². The molecule has 110 valence electrons. The second-order valence-corrected chi connectivity index (χ2v) is 6.77. The number of aromatic carboxylic acids is 1. The fourth-order valence-corrected chi connectivity index (χ4v) is 4.21. The average Bonchev–Trinajstić information content (AvgIpc) is 2.88. The van der Waals surface area contributed by atoms with Gasteiger partial charge in [-0.05, 0) is 30.5 Å². The van der Waals surface area contributed by atoms with Crippen molar-refractivity contribution in [2.24, 2.45) is 0 Å². The van der Waals surface area contributed by atoms with Gasteiger partial charge in [-0.25, -0.2) is 13.2 Å². The van der Waals surface area contributed by atoms with Crippen LogP contribution in [-0.4, -0.2) is 48.1 Å². The van der Waals surface area contributed by atoms with Crippen LogP contribution in [0.1, 0.15) is 28.8 Å². The molecule has 1 aliphatic rings. The zero-order valence-corrected chi connectivity index (χ0v) is 11.7. The van der Waals surface area contributed by atoms with Crippen LogP contribution in [-0.2, 0) is 15.8 Å². The van der Waals surface area contributed by atoms with E-state index in [2.05, 4.69) is 0 Å². The quantitative estimate of drug-likeness (QED) is 0.833. The fraction of sp³-hybridized carbons (Fsp3) is 0.462. The van der Waals surface area contributed by atoms with E-state index in [4.69, 9.17) is 5.11 Å². The molecule has 1 atom stereocenters. The van der Waals surface area contributed by atoms with Crippen molar-refractivity contribution < 1.29 is 23.4 Å². The average molecular weight is 299 g/mol. The summed E-state index contributed by atoms with van der Waals surface area (Å²) in [5.41, 5.74) is 0.666. The summed E-state index contributed by atoms with van der Waals surface area (Å²) in [6.07, 6.45) is 1.43. The van der Waals surface area contributed by atoms with E-state index in [1.807, 2.05) is 0 Å². The number of carbonyl (C=O) groups is 1. The zero-order chi connectivity index (χ0) is 14.8. The van der Waals surface area contributed by atoms with Crippen molar-refractivity contribution in [2.45, 2.75) is 24.6 Å². The summed E-state index contributed by atoms with van der Waals surface area (Å²) in [5, 5.41) is 18.0. The van der Waals surface area contributed by atoms with Crippen LogP contribution >= 0.6 is 0 Å². The van der Waals surface area contributed by atoms with Gasteiger partial charge in [-0.2, -0.15) is 4.31 Å². The van der Waals surface area contributed by atoms with E-state index in [-0.39, 0.29) is 24.0 Å². The highest BCUT2D eigenvalue weighted by molar-refractivity contribution is 7.88. The predicted molar refractivity (Wildman–Crippen MR) is 72.8 cm³/mol. The number of hydrogen-bond acceptors (Lipinski definition) is 4. The Labute approximate surface area is 117 Å². The van der Waals surface area contributed by atoms with Crippen LogP contribution in [0.25, 0.3) is 0 Å². The number of aliphatic hydroxyl groups is 1. The topological polar surface area (TPSA) is 94.9 Å². The Morgan fingerprint density at radius 2 is 1.95 bits per heavy atom. The summed E-state index contributed by atoms with van der Waals surface area (Å²) in [5.74, 6) is -1.22. The normalized spacial score (nSPS) is 20.1. The summed E-state index contributed by atoms with van der Waals surface area (Å²) >= 11 is 0. The van der Waals surface area contributed by atoms with E-state index in [1.54, 1.807) is 0 Å². The minimum Gasteiger partial charge on any atom is -0.478 e. The molecule has 1 saturated heterocycles. The second-order valence-electron chi connectivity index (χ2n) is 4.85. The summed E-state index contributed by atoms with van der Waals surface area (Å²) < 4.78 is 25.9. The van der Waals surface area contributed by atoms with Crippen molar-refractivity contribution >= 4 is 16.0 Å². The van der Waals surface area contributed by atoms with Crippen LogP contribution in [0.2, 0.25) is 0 Å². The first kappa shape index (κ1) is 15.0. The smallest absolute Gasteiger partial charge is 0.335 e. The van der Waals surface area contributed by atoms with E-state index in [0.29, 0.717) is 18.5 Å². The Balaban J connectivity index is 2.13. The Hall–Kier alpha value is -1.44.